The number of allylic oxidation sites excluding steroid dienone is 6. The Morgan fingerprint density at radius 3 is 2.96 bits per heavy atom. The number of rotatable bonds is 8. The summed E-state index contributed by atoms with van der Waals surface area (Å²) < 4.78 is 17.6. The number of nitrogens with one attached hydrogen (secondary N) is 1. The van der Waals surface area contributed by atoms with Crippen LogP contribution in [0.25, 0.3) is 6.08 Å². The monoisotopic (exact) mass is 328 g/mol. The van der Waals surface area contributed by atoms with Crippen LogP contribution in [0.4, 0.5) is 10.1 Å². The summed E-state index contributed by atoms with van der Waals surface area (Å²) in [7, 11) is 0. The smallest absolute Gasteiger partial charge is 0.142 e. The predicted molar refractivity (Wildman–Crippen MR) is 99.6 cm³/mol. The molecule has 0 saturated carbocycles. The van der Waals surface area contributed by atoms with Gasteiger partial charge in [0.25, 0.3) is 0 Å². The van der Waals surface area contributed by atoms with Gasteiger partial charge < -0.3 is 15.8 Å². The summed E-state index contributed by atoms with van der Waals surface area (Å²) in [5, 5.41) is 3.38. The summed E-state index contributed by atoms with van der Waals surface area (Å²) in [6, 6.07) is 5.53. The van der Waals surface area contributed by atoms with Crippen molar-refractivity contribution in [3.63, 3.8) is 0 Å². The maximum Gasteiger partial charge on any atom is 0.142 e. The van der Waals surface area contributed by atoms with Crippen LogP contribution in [0.1, 0.15) is 25.3 Å². The lowest BCUT2D eigenvalue weighted by molar-refractivity contribution is 0.274. The lowest BCUT2D eigenvalue weighted by Gasteiger charge is -2.07. The zero-order valence-electron chi connectivity index (χ0n) is 14.1. The molecular formula is C20H25FN2O. The Hall–Kier alpha value is -2.49. The molecule has 0 aromatic heterocycles. The highest BCUT2D eigenvalue weighted by molar-refractivity contribution is 5.62. The van der Waals surface area contributed by atoms with Crippen molar-refractivity contribution in [3.05, 3.63) is 65.4 Å². The van der Waals surface area contributed by atoms with Crippen LogP contribution in [0.5, 0.6) is 5.75 Å². The minimum Gasteiger partial charge on any atom is -0.489 e. The molecular weight excluding hydrogens is 303 g/mol. The molecule has 0 spiro atoms. The normalized spacial score (nSPS) is 14.2. The molecule has 1 aromatic rings. The Bertz CT molecular complexity index is 660. The summed E-state index contributed by atoms with van der Waals surface area (Å²) in [6.07, 6.45) is 14.5. The van der Waals surface area contributed by atoms with Crippen molar-refractivity contribution in [2.75, 3.05) is 25.6 Å². The van der Waals surface area contributed by atoms with Gasteiger partial charge in [0.1, 0.15) is 19.0 Å². The number of halogens is 1. The number of ether oxygens (including phenoxy) is 1. The van der Waals surface area contributed by atoms with Gasteiger partial charge in [0, 0.05) is 12.2 Å². The minimum atomic E-state index is -0.528. The van der Waals surface area contributed by atoms with Crippen LogP contribution in [0.15, 0.2) is 59.8 Å². The number of benzene rings is 1. The van der Waals surface area contributed by atoms with Gasteiger partial charge in [-0.3, -0.25) is 0 Å². The third-order valence-electron chi connectivity index (χ3n) is 3.57. The molecule has 3 N–H and O–H groups in total. The maximum atomic E-state index is 12.2. The molecule has 0 heterocycles. The lowest BCUT2D eigenvalue weighted by Crippen LogP contribution is -2.11. The molecule has 1 aliphatic carbocycles. The van der Waals surface area contributed by atoms with E-state index in [1.165, 1.54) is 5.57 Å². The highest BCUT2D eigenvalue weighted by Crippen LogP contribution is 2.24. The number of anilines is 1. The first-order valence-corrected chi connectivity index (χ1v) is 8.30. The van der Waals surface area contributed by atoms with Crippen molar-refractivity contribution in [1.29, 1.82) is 0 Å². The first kappa shape index (κ1) is 17.9. The second-order valence-corrected chi connectivity index (χ2v) is 5.56. The molecule has 128 valence electrons. The van der Waals surface area contributed by atoms with Gasteiger partial charge in [-0.25, -0.2) is 4.39 Å². The van der Waals surface area contributed by atoms with E-state index < -0.39 is 6.67 Å². The van der Waals surface area contributed by atoms with Crippen LogP contribution in [-0.2, 0) is 0 Å². The second-order valence-electron chi connectivity index (χ2n) is 5.56. The summed E-state index contributed by atoms with van der Waals surface area (Å²) in [6.45, 7) is 2.61. The molecule has 0 amide bonds. The lowest BCUT2D eigenvalue weighted by atomic mass is 10.1. The first-order chi connectivity index (χ1) is 11.7. The van der Waals surface area contributed by atoms with Crippen LogP contribution >= 0.6 is 0 Å². The van der Waals surface area contributed by atoms with Crippen molar-refractivity contribution in [1.82, 2.24) is 5.32 Å². The van der Waals surface area contributed by atoms with Crippen molar-refractivity contribution in [2.45, 2.75) is 19.8 Å². The predicted octanol–water partition coefficient (Wildman–Crippen LogP) is 4.40. The molecule has 0 aliphatic heterocycles. The topological polar surface area (TPSA) is 47.3 Å². The maximum absolute atomic E-state index is 12.2. The van der Waals surface area contributed by atoms with E-state index in [0.29, 0.717) is 11.4 Å². The van der Waals surface area contributed by atoms with E-state index in [-0.39, 0.29) is 6.61 Å². The van der Waals surface area contributed by atoms with E-state index in [1.54, 1.807) is 6.07 Å². The third kappa shape index (κ3) is 5.61. The molecule has 0 atom stereocenters. The largest absolute Gasteiger partial charge is 0.489 e. The minimum absolute atomic E-state index is 0.0195. The number of hydrogen-bond acceptors (Lipinski definition) is 3. The van der Waals surface area contributed by atoms with Crippen molar-refractivity contribution in [3.8, 4) is 5.75 Å². The van der Waals surface area contributed by atoms with Gasteiger partial charge in [0.15, 0.2) is 0 Å². The third-order valence-corrected chi connectivity index (χ3v) is 3.57. The van der Waals surface area contributed by atoms with E-state index in [2.05, 4.69) is 42.6 Å². The van der Waals surface area contributed by atoms with Gasteiger partial charge in [-0.2, -0.15) is 0 Å². The Morgan fingerprint density at radius 2 is 2.17 bits per heavy atom. The van der Waals surface area contributed by atoms with Crippen LogP contribution in [0.2, 0.25) is 0 Å². The van der Waals surface area contributed by atoms with Gasteiger partial charge in [-0.05, 0) is 48.3 Å². The molecule has 24 heavy (non-hydrogen) atoms. The van der Waals surface area contributed by atoms with Crippen molar-refractivity contribution in [2.24, 2.45) is 0 Å². The fourth-order valence-corrected chi connectivity index (χ4v) is 2.28. The summed E-state index contributed by atoms with van der Waals surface area (Å²) >= 11 is 0. The van der Waals surface area contributed by atoms with Crippen LogP contribution < -0.4 is 15.8 Å². The first-order valence-electron chi connectivity index (χ1n) is 8.30. The van der Waals surface area contributed by atoms with Gasteiger partial charge in [0.05, 0.1) is 5.69 Å². The SMILES string of the molecule is CCCNC1=CC=C(/C=C/c2ccc(N)c(OCCF)c2)CC=C1. The Morgan fingerprint density at radius 1 is 1.29 bits per heavy atom. The van der Waals surface area contributed by atoms with E-state index in [0.717, 1.165) is 30.6 Å². The average molecular weight is 328 g/mol. The van der Waals surface area contributed by atoms with E-state index in [4.69, 9.17) is 10.5 Å². The highest BCUT2D eigenvalue weighted by atomic mass is 19.1. The van der Waals surface area contributed by atoms with E-state index in [1.807, 2.05) is 18.2 Å². The molecule has 0 bridgehead atoms. The van der Waals surface area contributed by atoms with E-state index in [9.17, 15) is 4.39 Å². The zero-order chi connectivity index (χ0) is 17.2. The second kappa shape index (κ2) is 9.60. The Kier molecular flexibility index (Phi) is 7.15. The molecule has 0 radical (unpaired) electrons. The van der Waals surface area contributed by atoms with Gasteiger partial charge in [0.2, 0.25) is 0 Å². The van der Waals surface area contributed by atoms with Crippen LogP contribution in [0.3, 0.4) is 0 Å². The summed E-state index contributed by atoms with van der Waals surface area (Å²) in [4.78, 5) is 0. The molecule has 2 rings (SSSR count). The van der Waals surface area contributed by atoms with Crippen molar-refractivity contribution < 1.29 is 9.13 Å². The summed E-state index contributed by atoms with van der Waals surface area (Å²) in [5.74, 6) is 0.524. The van der Waals surface area contributed by atoms with Gasteiger partial charge in [-0.1, -0.05) is 37.3 Å². The van der Waals surface area contributed by atoms with Gasteiger partial charge >= 0.3 is 0 Å². The average Bonchev–Trinajstić information content (AvgIpc) is 2.83. The van der Waals surface area contributed by atoms with E-state index >= 15 is 0 Å². The Labute approximate surface area is 143 Å². The van der Waals surface area contributed by atoms with Crippen LogP contribution in [0, 0.1) is 0 Å². The molecule has 1 aromatic carbocycles. The molecule has 0 saturated heterocycles. The molecule has 0 fully saturated rings. The highest BCUT2D eigenvalue weighted by Gasteiger charge is 2.02. The molecule has 0 unspecified atom stereocenters. The molecule has 4 heteroatoms. The van der Waals surface area contributed by atoms with Gasteiger partial charge in [-0.15, -0.1) is 0 Å². The number of nitrogen functional groups attached to an aromatic ring is 1. The van der Waals surface area contributed by atoms with Crippen molar-refractivity contribution >= 4 is 11.8 Å². The Balaban J connectivity index is 2.06. The number of hydrogen-bond donors (Lipinski definition) is 2. The van der Waals surface area contributed by atoms with Crippen LogP contribution in [-0.4, -0.2) is 19.8 Å². The summed E-state index contributed by atoms with van der Waals surface area (Å²) in [5.41, 5.74) is 9.68. The zero-order valence-corrected chi connectivity index (χ0v) is 14.1. The number of alkyl halides is 1. The fraction of sp³-hybridized carbons (Fsp3) is 0.300. The fourth-order valence-electron chi connectivity index (χ4n) is 2.28. The standard InChI is InChI=1S/C20H25FN2O/c1-2-13-23-18-5-3-4-16(8-10-18)6-7-17-9-11-19(22)20(15-17)24-14-12-21/h3,5-11,15,23H,2,4,12-14,22H2,1H3/b7-6+. The quantitative estimate of drug-likeness (QED) is 0.695. The molecule has 3 nitrogen and oxygen atoms in total. The molecule has 1 aliphatic rings. The number of nitrogens with two attached hydrogens (primary N) is 1.